The second-order valence-electron chi connectivity index (χ2n) is 6.04. The molecule has 0 aliphatic carbocycles. The Balaban J connectivity index is 0.000000872. The summed E-state index contributed by atoms with van der Waals surface area (Å²) in [6.07, 6.45) is 5.87. The number of ether oxygens (including phenoxy) is 1. The van der Waals surface area contributed by atoms with Crippen LogP contribution >= 0.6 is 0 Å². The number of benzene rings is 2. The van der Waals surface area contributed by atoms with Crippen LogP contribution in [-0.4, -0.2) is 21.1 Å². The van der Waals surface area contributed by atoms with Crippen molar-refractivity contribution in [3.8, 4) is 22.6 Å². The maximum absolute atomic E-state index is 15.3. The van der Waals surface area contributed by atoms with Gasteiger partial charge in [0.2, 0.25) is 0 Å². The fourth-order valence-electron chi connectivity index (χ4n) is 3.34. The van der Waals surface area contributed by atoms with Gasteiger partial charge < -0.3 is 4.74 Å². The quantitative estimate of drug-likeness (QED) is 0.493. The van der Waals surface area contributed by atoms with Crippen LogP contribution in [0.15, 0.2) is 61.2 Å². The van der Waals surface area contributed by atoms with Crippen molar-refractivity contribution in [1.82, 2.24) is 14.5 Å². The molecule has 0 amide bonds. The third kappa shape index (κ3) is 2.95. The van der Waals surface area contributed by atoms with Crippen LogP contribution in [0, 0.1) is 5.82 Å². The number of nitrogens with zero attached hydrogens (tertiary/aromatic N) is 3. The summed E-state index contributed by atoms with van der Waals surface area (Å²) in [5.41, 5.74) is 4.48. The van der Waals surface area contributed by atoms with Crippen LogP contribution in [0.25, 0.3) is 27.8 Å². The fourth-order valence-corrected chi connectivity index (χ4v) is 3.34. The molecule has 136 valence electrons. The van der Waals surface area contributed by atoms with E-state index in [4.69, 9.17) is 4.74 Å². The molecule has 27 heavy (non-hydrogen) atoms. The Bertz CT molecular complexity index is 1090. The van der Waals surface area contributed by atoms with Crippen LogP contribution in [-0.2, 0) is 6.42 Å². The van der Waals surface area contributed by atoms with E-state index in [-0.39, 0.29) is 5.82 Å². The number of hydrogen-bond donors (Lipinski definition) is 0. The molecule has 0 spiro atoms. The maximum atomic E-state index is 15.3. The molecule has 0 N–H and O–H groups in total. The highest BCUT2D eigenvalue weighted by molar-refractivity contribution is 5.84. The van der Waals surface area contributed by atoms with E-state index in [0.29, 0.717) is 23.2 Å². The SMILES string of the molecule is CC.Fc1c(-c2ccncc2)ccc2ncn(-c3ccc4c(c3)CCO4)c12. The van der Waals surface area contributed by atoms with Crippen molar-refractivity contribution < 1.29 is 9.13 Å². The zero-order valence-corrected chi connectivity index (χ0v) is 15.3. The van der Waals surface area contributed by atoms with Gasteiger partial charge in [-0.15, -0.1) is 0 Å². The lowest BCUT2D eigenvalue weighted by Gasteiger charge is -2.09. The summed E-state index contributed by atoms with van der Waals surface area (Å²) in [5, 5.41) is 0. The maximum Gasteiger partial charge on any atom is 0.157 e. The molecule has 0 fully saturated rings. The Morgan fingerprint density at radius 2 is 1.85 bits per heavy atom. The molecule has 4 nitrogen and oxygen atoms in total. The largest absolute Gasteiger partial charge is 0.493 e. The molecule has 2 aromatic carbocycles. The van der Waals surface area contributed by atoms with Crippen LogP contribution in [0.1, 0.15) is 19.4 Å². The summed E-state index contributed by atoms with van der Waals surface area (Å²) in [4.78, 5) is 8.36. The number of rotatable bonds is 2. The second-order valence-corrected chi connectivity index (χ2v) is 6.04. The number of imidazole rings is 1. The van der Waals surface area contributed by atoms with E-state index in [1.165, 1.54) is 0 Å². The standard InChI is InChI=1S/C20H14FN3O.C2H6/c21-19-16(13-5-8-22-9-6-13)2-3-17-20(19)24(12-23-17)15-1-4-18-14(11-15)7-10-25-18;1-2/h1-6,8-9,11-12H,7,10H2;1-2H3. The lowest BCUT2D eigenvalue weighted by molar-refractivity contribution is 0.357. The minimum atomic E-state index is -0.280. The summed E-state index contributed by atoms with van der Waals surface area (Å²) in [5.74, 6) is 0.629. The Morgan fingerprint density at radius 1 is 1.04 bits per heavy atom. The van der Waals surface area contributed by atoms with Crippen LogP contribution in [0.4, 0.5) is 4.39 Å². The van der Waals surface area contributed by atoms with Gasteiger partial charge in [0, 0.05) is 30.1 Å². The van der Waals surface area contributed by atoms with E-state index in [1.54, 1.807) is 41.5 Å². The average molecular weight is 361 g/mol. The van der Waals surface area contributed by atoms with Gasteiger partial charge in [0.05, 0.1) is 12.1 Å². The van der Waals surface area contributed by atoms with Crippen molar-refractivity contribution in [2.75, 3.05) is 6.61 Å². The molecule has 5 rings (SSSR count). The van der Waals surface area contributed by atoms with Crippen molar-refractivity contribution in [2.45, 2.75) is 20.3 Å². The minimum absolute atomic E-state index is 0.280. The predicted octanol–water partition coefficient (Wildman–Crippen LogP) is 5.19. The number of halogens is 1. The molecule has 1 aliphatic heterocycles. The van der Waals surface area contributed by atoms with Gasteiger partial charge in [0.25, 0.3) is 0 Å². The van der Waals surface area contributed by atoms with Crippen molar-refractivity contribution in [2.24, 2.45) is 0 Å². The lowest BCUT2D eigenvalue weighted by atomic mass is 10.1. The fraction of sp³-hybridized carbons (Fsp3) is 0.182. The van der Waals surface area contributed by atoms with Crippen LogP contribution in [0.3, 0.4) is 0 Å². The molecular weight excluding hydrogens is 341 g/mol. The molecule has 0 saturated heterocycles. The average Bonchev–Trinajstić information content (AvgIpc) is 3.37. The van der Waals surface area contributed by atoms with Crippen LogP contribution in [0.2, 0.25) is 0 Å². The lowest BCUT2D eigenvalue weighted by Crippen LogP contribution is -1.96. The smallest absolute Gasteiger partial charge is 0.157 e. The van der Waals surface area contributed by atoms with Gasteiger partial charge in [-0.3, -0.25) is 9.55 Å². The topological polar surface area (TPSA) is 39.9 Å². The minimum Gasteiger partial charge on any atom is -0.493 e. The number of hydrogen-bond acceptors (Lipinski definition) is 3. The van der Waals surface area contributed by atoms with Gasteiger partial charge in [-0.1, -0.05) is 13.8 Å². The Labute approximate surface area is 157 Å². The van der Waals surface area contributed by atoms with Gasteiger partial charge in [-0.25, -0.2) is 9.37 Å². The summed E-state index contributed by atoms with van der Waals surface area (Å²) in [6, 6.07) is 13.1. The van der Waals surface area contributed by atoms with Gasteiger partial charge in [0.15, 0.2) is 5.82 Å². The first kappa shape index (κ1) is 17.2. The third-order valence-electron chi connectivity index (χ3n) is 4.59. The molecule has 0 bridgehead atoms. The van der Waals surface area contributed by atoms with E-state index in [0.717, 1.165) is 29.0 Å². The van der Waals surface area contributed by atoms with Crippen molar-refractivity contribution in [3.63, 3.8) is 0 Å². The normalized spacial score (nSPS) is 12.3. The molecule has 1 aliphatic rings. The molecule has 0 unspecified atom stereocenters. The predicted molar refractivity (Wildman–Crippen MR) is 105 cm³/mol. The zero-order valence-electron chi connectivity index (χ0n) is 15.3. The summed E-state index contributed by atoms with van der Waals surface area (Å²) in [7, 11) is 0. The van der Waals surface area contributed by atoms with E-state index in [9.17, 15) is 0 Å². The monoisotopic (exact) mass is 361 g/mol. The first-order chi connectivity index (χ1) is 13.3. The van der Waals surface area contributed by atoms with E-state index < -0.39 is 0 Å². The van der Waals surface area contributed by atoms with Crippen LogP contribution < -0.4 is 4.74 Å². The molecular formula is C22H20FN3O. The highest BCUT2D eigenvalue weighted by atomic mass is 19.1. The molecule has 4 aromatic rings. The second kappa shape index (κ2) is 7.19. The molecule has 0 radical (unpaired) electrons. The molecule has 0 saturated carbocycles. The first-order valence-corrected chi connectivity index (χ1v) is 9.13. The Hall–Kier alpha value is -3.21. The van der Waals surface area contributed by atoms with Crippen molar-refractivity contribution in [3.05, 3.63) is 72.6 Å². The number of aromatic nitrogens is 3. The van der Waals surface area contributed by atoms with Gasteiger partial charge >= 0.3 is 0 Å². The van der Waals surface area contributed by atoms with Gasteiger partial charge in [-0.2, -0.15) is 0 Å². The van der Waals surface area contributed by atoms with Gasteiger partial charge in [0.1, 0.15) is 17.6 Å². The zero-order chi connectivity index (χ0) is 18.8. The van der Waals surface area contributed by atoms with Gasteiger partial charge in [-0.05, 0) is 53.6 Å². The summed E-state index contributed by atoms with van der Waals surface area (Å²) < 4.78 is 22.7. The van der Waals surface area contributed by atoms with E-state index >= 15 is 4.39 Å². The summed E-state index contributed by atoms with van der Waals surface area (Å²) >= 11 is 0. The highest BCUT2D eigenvalue weighted by Crippen LogP contribution is 2.32. The molecule has 3 heterocycles. The highest BCUT2D eigenvalue weighted by Gasteiger charge is 2.17. The molecule has 5 heteroatoms. The van der Waals surface area contributed by atoms with E-state index in [1.807, 2.05) is 38.1 Å². The van der Waals surface area contributed by atoms with E-state index in [2.05, 4.69) is 9.97 Å². The Kier molecular flexibility index (Phi) is 4.59. The number of fused-ring (bicyclic) bond motifs is 2. The third-order valence-corrected chi connectivity index (χ3v) is 4.59. The van der Waals surface area contributed by atoms with Crippen molar-refractivity contribution >= 4 is 11.0 Å². The van der Waals surface area contributed by atoms with Crippen molar-refractivity contribution in [1.29, 1.82) is 0 Å². The number of pyridine rings is 1. The molecule has 0 atom stereocenters. The van der Waals surface area contributed by atoms with Crippen LogP contribution in [0.5, 0.6) is 5.75 Å². The summed E-state index contributed by atoms with van der Waals surface area (Å²) in [6.45, 7) is 4.70. The Morgan fingerprint density at radius 3 is 2.67 bits per heavy atom. The molecule has 2 aromatic heterocycles. The first-order valence-electron chi connectivity index (χ1n) is 9.13.